The first-order valence-electron chi connectivity index (χ1n) is 13.3. The van der Waals surface area contributed by atoms with Crippen molar-refractivity contribution in [2.24, 2.45) is 0 Å². The number of fused-ring (bicyclic) bond motifs is 14. The van der Waals surface area contributed by atoms with Crippen LogP contribution in [0.15, 0.2) is 133 Å². The van der Waals surface area contributed by atoms with Crippen LogP contribution < -0.4 is 15.7 Å². The number of hydrogen-bond donors (Lipinski definition) is 0. The van der Waals surface area contributed by atoms with Crippen molar-refractivity contribution in [1.29, 1.82) is 0 Å². The van der Waals surface area contributed by atoms with Gasteiger partial charge in [-0.3, -0.25) is 0 Å². The van der Waals surface area contributed by atoms with Gasteiger partial charge < -0.3 is 4.81 Å². The highest BCUT2D eigenvalue weighted by Gasteiger charge is 2.42. The fraction of sp³-hybridized carbons (Fsp3) is 0. The number of para-hydroxylation sites is 1. The molecule has 0 saturated carbocycles. The van der Waals surface area contributed by atoms with Crippen LogP contribution in [0.2, 0.25) is 0 Å². The molecule has 0 radical (unpaired) electrons. The molecule has 9 rings (SSSR count). The molecule has 2 heteroatoms. The minimum absolute atomic E-state index is 0.0952. The highest BCUT2D eigenvalue weighted by molar-refractivity contribution is 6.92. The summed E-state index contributed by atoms with van der Waals surface area (Å²) in [5, 5.41) is 7.70. The van der Waals surface area contributed by atoms with Crippen molar-refractivity contribution in [2.45, 2.75) is 0 Å². The van der Waals surface area contributed by atoms with Gasteiger partial charge in [0, 0.05) is 22.5 Å². The van der Waals surface area contributed by atoms with Crippen LogP contribution >= 0.6 is 0 Å². The highest BCUT2D eigenvalue weighted by Crippen LogP contribution is 2.47. The van der Waals surface area contributed by atoms with Crippen molar-refractivity contribution < 1.29 is 0 Å². The van der Waals surface area contributed by atoms with Crippen LogP contribution in [0.5, 0.6) is 0 Å². The van der Waals surface area contributed by atoms with Crippen LogP contribution in [0.4, 0.5) is 11.4 Å². The topological polar surface area (TPSA) is 3.24 Å². The molecule has 7 aromatic carbocycles. The maximum Gasteiger partial charge on any atom is 0.329 e. The molecule has 0 aliphatic carbocycles. The van der Waals surface area contributed by atoms with E-state index < -0.39 is 0 Å². The Morgan fingerprint density at radius 2 is 0.763 bits per heavy atom. The third-order valence-corrected chi connectivity index (χ3v) is 8.55. The monoisotopic (exact) mass is 479 g/mol. The Bertz CT molecular complexity index is 2110. The fourth-order valence-electron chi connectivity index (χ4n) is 6.84. The summed E-state index contributed by atoms with van der Waals surface area (Å²) in [7, 11) is 0. The summed E-state index contributed by atoms with van der Waals surface area (Å²) in [5.74, 6) is 0. The lowest BCUT2D eigenvalue weighted by Gasteiger charge is -2.43. The molecule has 0 saturated heterocycles. The van der Waals surface area contributed by atoms with E-state index in [9.17, 15) is 0 Å². The first-order valence-corrected chi connectivity index (χ1v) is 13.3. The van der Waals surface area contributed by atoms with Gasteiger partial charge in [-0.2, -0.15) is 0 Å². The minimum Gasteiger partial charge on any atom is -0.376 e. The van der Waals surface area contributed by atoms with Gasteiger partial charge in [0.2, 0.25) is 0 Å². The minimum atomic E-state index is 0.0952. The molecule has 0 amide bonds. The van der Waals surface area contributed by atoms with Gasteiger partial charge >= 0.3 is 6.85 Å². The standard InChI is InChI=1S/C36H22BN/c1-4-12-26-20-33-30(17-23(26)9-1)29-15-7-8-16-35(29)38-36-22-28-14-6-3-11-25(28)19-32(36)31-18-24-10-2-5-13-27(24)21-34(31)37(33)38/h1-22H. The van der Waals surface area contributed by atoms with Gasteiger partial charge in [-0.25, -0.2) is 0 Å². The average molecular weight is 479 g/mol. The average Bonchev–Trinajstić information content (AvgIpc) is 2.98. The summed E-state index contributed by atoms with van der Waals surface area (Å²) in [4.78, 5) is 2.60. The smallest absolute Gasteiger partial charge is 0.329 e. The van der Waals surface area contributed by atoms with E-state index in [4.69, 9.17) is 0 Å². The van der Waals surface area contributed by atoms with E-state index in [1.54, 1.807) is 0 Å². The van der Waals surface area contributed by atoms with E-state index in [1.807, 2.05) is 0 Å². The second kappa shape index (κ2) is 7.37. The molecule has 0 fully saturated rings. The molecular weight excluding hydrogens is 457 g/mol. The quantitative estimate of drug-likeness (QED) is 0.199. The van der Waals surface area contributed by atoms with Crippen LogP contribution in [0.25, 0.3) is 54.6 Å². The van der Waals surface area contributed by atoms with Gasteiger partial charge in [-0.05, 0) is 84.7 Å². The van der Waals surface area contributed by atoms with Crippen molar-refractivity contribution in [3.8, 4) is 22.3 Å². The van der Waals surface area contributed by atoms with E-state index in [2.05, 4.69) is 138 Å². The molecule has 7 aromatic rings. The Morgan fingerprint density at radius 1 is 0.342 bits per heavy atom. The molecule has 0 spiro atoms. The van der Waals surface area contributed by atoms with Gasteiger partial charge in [0.1, 0.15) is 0 Å². The van der Waals surface area contributed by atoms with Crippen molar-refractivity contribution >= 4 is 61.5 Å². The summed E-state index contributed by atoms with van der Waals surface area (Å²) in [6, 6.07) is 49.7. The molecule has 2 aliphatic rings. The predicted octanol–water partition coefficient (Wildman–Crippen LogP) is 8.05. The SMILES string of the molecule is c1ccc2c(c1)-c1cc3ccccc3cc1B1c3cc4ccccc4cc3-c3cc4ccccc4cc3N12. The Balaban J connectivity index is 1.46. The van der Waals surface area contributed by atoms with Gasteiger partial charge in [0.15, 0.2) is 0 Å². The lowest BCUT2D eigenvalue weighted by atomic mass is 9.43. The van der Waals surface area contributed by atoms with Crippen LogP contribution in [-0.4, -0.2) is 6.85 Å². The number of rotatable bonds is 0. The normalized spacial score (nSPS) is 13.2. The van der Waals surface area contributed by atoms with E-state index in [0.29, 0.717) is 0 Å². The third kappa shape index (κ3) is 2.67. The number of anilines is 2. The highest BCUT2D eigenvalue weighted by atomic mass is 15.1. The Labute approximate surface area is 221 Å². The fourth-order valence-corrected chi connectivity index (χ4v) is 6.84. The van der Waals surface area contributed by atoms with Gasteiger partial charge in [0.25, 0.3) is 0 Å². The molecule has 0 unspecified atom stereocenters. The van der Waals surface area contributed by atoms with Crippen molar-refractivity contribution in [2.75, 3.05) is 4.81 Å². The molecule has 1 nitrogen and oxygen atoms in total. The Hall–Kier alpha value is -4.82. The zero-order valence-electron chi connectivity index (χ0n) is 20.7. The van der Waals surface area contributed by atoms with E-state index in [0.717, 1.165) is 0 Å². The molecule has 2 heterocycles. The first-order chi connectivity index (χ1) is 18.8. The predicted molar refractivity (Wildman–Crippen MR) is 163 cm³/mol. The summed E-state index contributed by atoms with van der Waals surface area (Å²) in [6.07, 6.45) is 0. The van der Waals surface area contributed by atoms with Crippen molar-refractivity contribution in [3.63, 3.8) is 0 Å². The Morgan fingerprint density at radius 3 is 1.34 bits per heavy atom. The molecule has 0 N–H and O–H groups in total. The lowest BCUT2D eigenvalue weighted by molar-refractivity contribution is 1.36. The van der Waals surface area contributed by atoms with Crippen LogP contribution in [0.3, 0.4) is 0 Å². The molecule has 0 aromatic heterocycles. The van der Waals surface area contributed by atoms with Crippen LogP contribution in [-0.2, 0) is 0 Å². The number of hydrogen-bond acceptors (Lipinski definition) is 1. The van der Waals surface area contributed by atoms with Crippen LogP contribution in [0.1, 0.15) is 0 Å². The lowest BCUT2D eigenvalue weighted by Crippen LogP contribution is -2.59. The molecule has 38 heavy (non-hydrogen) atoms. The van der Waals surface area contributed by atoms with Crippen LogP contribution in [0, 0.1) is 0 Å². The summed E-state index contributed by atoms with van der Waals surface area (Å²) < 4.78 is 0. The molecule has 0 atom stereocenters. The largest absolute Gasteiger partial charge is 0.376 e. The summed E-state index contributed by atoms with van der Waals surface area (Å²) in [5.41, 5.74) is 10.6. The van der Waals surface area contributed by atoms with Crippen molar-refractivity contribution in [3.05, 3.63) is 133 Å². The maximum absolute atomic E-state index is 2.60. The maximum atomic E-state index is 2.60. The van der Waals surface area contributed by atoms with E-state index in [-0.39, 0.29) is 6.85 Å². The van der Waals surface area contributed by atoms with Gasteiger partial charge in [0.05, 0.1) is 0 Å². The summed E-state index contributed by atoms with van der Waals surface area (Å²) >= 11 is 0. The molecule has 2 aliphatic heterocycles. The van der Waals surface area contributed by atoms with Crippen molar-refractivity contribution in [1.82, 2.24) is 0 Å². The van der Waals surface area contributed by atoms with E-state index in [1.165, 1.54) is 76.9 Å². The van der Waals surface area contributed by atoms with E-state index >= 15 is 0 Å². The second-order valence-corrected chi connectivity index (χ2v) is 10.6. The third-order valence-electron chi connectivity index (χ3n) is 8.55. The molecule has 0 bridgehead atoms. The van der Waals surface area contributed by atoms with Gasteiger partial charge in [-0.15, -0.1) is 0 Å². The first kappa shape index (κ1) is 20.3. The zero-order chi connectivity index (χ0) is 24.8. The van der Waals surface area contributed by atoms with Gasteiger partial charge in [-0.1, -0.05) is 103 Å². The second-order valence-electron chi connectivity index (χ2n) is 10.6. The summed E-state index contributed by atoms with van der Waals surface area (Å²) in [6.45, 7) is 0.0952. The Kier molecular flexibility index (Phi) is 3.93. The molecule has 174 valence electrons. The zero-order valence-corrected chi connectivity index (χ0v) is 20.7. The number of benzene rings is 7. The molecular formula is C36H22BN. The number of nitrogens with zero attached hydrogens (tertiary/aromatic N) is 1.